The van der Waals surface area contributed by atoms with Crippen LogP contribution in [0.1, 0.15) is 13.8 Å². The second kappa shape index (κ2) is 4.73. The number of carbonyl (C=O) groups is 2. The average molecular weight is 238 g/mol. The minimum absolute atomic E-state index is 0.249. The molecule has 0 aliphatic carbocycles. The van der Waals surface area contributed by atoms with Crippen LogP contribution in [0.2, 0.25) is 0 Å². The van der Waals surface area contributed by atoms with E-state index in [1.165, 1.54) is 13.8 Å². The van der Waals surface area contributed by atoms with Gasteiger partial charge in [0.1, 0.15) is 5.75 Å². The first-order valence-electron chi connectivity index (χ1n) is 4.91. The predicted molar refractivity (Wildman–Crippen MR) is 62.0 cm³/mol. The molecule has 0 saturated carbocycles. The SMILES string of the molecule is CC(C)(Oc1ccccc1NC(N)=O)C(=O)O. The zero-order valence-electron chi connectivity index (χ0n) is 9.56. The van der Waals surface area contributed by atoms with Gasteiger partial charge < -0.3 is 20.9 Å². The van der Waals surface area contributed by atoms with Crippen LogP contribution in [0.3, 0.4) is 0 Å². The fourth-order valence-corrected chi connectivity index (χ4v) is 1.11. The van der Waals surface area contributed by atoms with Gasteiger partial charge in [-0.2, -0.15) is 0 Å². The number of urea groups is 1. The maximum absolute atomic E-state index is 10.9. The first kappa shape index (κ1) is 12.8. The number of hydrogen-bond donors (Lipinski definition) is 3. The van der Waals surface area contributed by atoms with Crippen molar-refractivity contribution in [3.05, 3.63) is 24.3 Å². The first-order chi connectivity index (χ1) is 7.83. The van der Waals surface area contributed by atoms with Crippen molar-refractivity contribution in [1.82, 2.24) is 0 Å². The van der Waals surface area contributed by atoms with E-state index in [1.807, 2.05) is 0 Å². The quantitative estimate of drug-likeness (QED) is 0.738. The molecule has 2 amide bonds. The third kappa shape index (κ3) is 3.37. The molecule has 0 radical (unpaired) electrons. The number of carboxylic acid groups (broad SMARTS) is 1. The van der Waals surface area contributed by atoms with E-state index in [4.69, 9.17) is 15.6 Å². The smallest absolute Gasteiger partial charge is 0.347 e. The number of para-hydroxylation sites is 2. The minimum atomic E-state index is -1.39. The number of anilines is 1. The lowest BCUT2D eigenvalue weighted by Crippen LogP contribution is -2.38. The van der Waals surface area contributed by atoms with E-state index >= 15 is 0 Å². The Morgan fingerprint density at radius 3 is 2.47 bits per heavy atom. The van der Waals surface area contributed by atoms with E-state index in [2.05, 4.69) is 5.32 Å². The van der Waals surface area contributed by atoms with Gasteiger partial charge in [0.2, 0.25) is 0 Å². The largest absolute Gasteiger partial charge is 0.478 e. The number of benzene rings is 1. The summed E-state index contributed by atoms with van der Waals surface area (Å²) in [6, 6.07) is 5.72. The molecule has 0 atom stereocenters. The summed E-state index contributed by atoms with van der Waals surface area (Å²) in [5.74, 6) is -0.856. The molecule has 0 saturated heterocycles. The number of primary amides is 1. The molecular weight excluding hydrogens is 224 g/mol. The van der Waals surface area contributed by atoms with Gasteiger partial charge in [0.15, 0.2) is 5.60 Å². The van der Waals surface area contributed by atoms with Crippen molar-refractivity contribution in [1.29, 1.82) is 0 Å². The fraction of sp³-hybridized carbons (Fsp3) is 0.273. The molecule has 1 aromatic rings. The molecule has 6 heteroatoms. The Kier molecular flexibility index (Phi) is 3.57. The third-order valence-electron chi connectivity index (χ3n) is 2.03. The van der Waals surface area contributed by atoms with Gasteiger partial charge in [-0.05, 0) is 26.0 Å². The Bertz CT molecular complexity index is 443. The molecule has 0 aliphatic rings. The molecule has 0 bridgehead atoms. The molecule has 0 fully saturated rings. The molecule has 1 rings (SSSR count). The van der Waals surface area contributed by atoms with Crippen molar-refractivity contribution >= 4 is 17.7 Å². The van der Waals surface area contributed by atoms with E-state index in [0.717, 1.165) is 0 Å². The Morgan fingerprint density at radius 2 is 1.94 bits per heavy atom. The second-order valence-corrected chi connectivity index (χ2v) is 3.90. The molecule has 0 spiro atoms. The molecular formula is C11H14N2O4. The third-order valence-corrected chi connectivity index (χ3v) is 2.03. The molecule has 92 valence electrons. The Labute approximate surface area is 98.4 Å². The Hall–Kier alpha value is -2.24. The predicted octanol–water partition coefficient (Wildman–Crippen LogP) is 1.42. The van der Waals surface area contributed by atoms with Gasteiger partial charge in [0, 0.05) is 0 Å². The molecule has 0 aromatic heterocycles. The van der Waals surface area contributed by atoms with Gasteiger partial charge in [0.25, 0.3) is 0 Å². The van der Waals surface area contributed by atoms with Gasteiger partial charge in [-0.3, -0.25) is 0 Å². The lowest BCUT2D eigenvalue weighted by Gasteiger charge is -2.23. The van der Waals surface area contributed by atoms with Crippen LogP contribution in [0, 0.1) is 0 Å². The standard InChI is InChI=1S/C11H14N2O4/c1-11(2,9(14)15)17-8-6-4-3-5-7(8)13-10(12)16/h3-6H,1-2H3,(H,14,15)(H3,12,13,16). The van der Waals surface area contributed by atoms with Crippen LogP contribution in [0.25, 0.3) is 0 Å². The van der Waals surface area contributed by atoms with Crippen molar-refractivity contribution in [2.24, 2.45) is 5.73 Å². The van der Waals surface area contributed by atoms with Crippen LogP contribution in [0.4, 0.5) is 10.5 Å². The molecule has 0 heterocycles. The summed E-state index contributed by atoms with van der Waals surface area (Å²) in [5.41, 5.74) is 3.93. The van der Waals surface area contributed by atoms with Crippen molar-refractivity contribution < 1.29 is 19.4 Å². The van der Waals surface area contributed by atoms with Crippen molar-refractivity contribution in [3.8, 4) is 5.75 Å². The summed E-state index contributed by atoms with van der Waals surface area (Å²) in [4.78, 5) is 21.7. The number of carbonyl (C=O) groups excluding carboxylic acids is 1. The number of rotatable bonds is 4. The van der Waals surface area contributed by atoms with Gasteiger partial charge in [-0.15, -0.1) is 0 Å². The Balaban J connectivity index is 2.98. The zero-order valence-corrected chi connectivity index (χ0v) is 9.56. The first-order valence-corrected chi connectivity index (χ1v) is 4.91. The lowest BCUT2D eigenvalue weighted by molar-refractivity contribution is -0.152. The highest BCUT2D eigenvalue weighted by Gasteiger charge is 2.30. The van der Waals surface area contributed by atoms with E-state index in [1.54, 1.807) is 24.3 Å². The summed E-state index contributed by atoms with van der Waals surface area (Å²) in [7, 11) is 0. The summed E-state index contributed by atoms with van der Waals surface area (Å²) in [6.07, 6.45) is 0. The summed E-state index contributed by atoms with van der Waals surface area (Å²) < 4.78 is 5.33. The maximum Gasteiger partial charge on any atom is 0.347 e. The number of aliphatic carboxylic acids is 1. The highest BCUT2D eigenvalue weighted by molar-refractivity contribution is 5.89. The van der Waals surface area contributed by atoms with Gasteiger partial charge in [-0.25, -0.2) is 9.59 Å². The van der Waals surface area contributed by atoms with Crippen molar-refractivity contribution in [3.63, 3.8) is 0 Å². The van der Waals surface area contributed by atoms with Crippen LogP contribution in [0.15, 0.2) is 24.3 Å². The van der Waals surface area contributed by atoms with E-state index in [9.17, 15) is 9.59 Å². The number of amides is 2. The monoisotopic (exact) mass is 238 g/mol. The van der Waals surface area contributed by atoms with E-state index < -0.39 is 17.6 Å². The summed E-state index contributed by atoms with van der Waals surface area (Å²) in [5, 5.41) is 11.3. The normalized spacial score (nSPS) is 10.7. The molecule has 0 unspecified atom stereocenters. The minimum Gasteiger partial charge on any atom is -0.478 e. The number of hydrogen-bond acceptors (Lipinski definition) is 3. The number of ether oxygens (including phenoxy) is 1. The van der Waals surface area contributed by atoms with Crippen LogP contribution < -0.4 is 15.8 Å². The topological polar surface area (TPSA) is 102 Å². The summed E-state index contributed by atoms with van der Waals surface area (Å²) >= 11 is 0. The van der Waals surface area contributed by atoms with Crippen LogP contribution in [-0.4, -0.2) is 22.7 Å². The Morgan fingerprint density at radius 1 is 1.35 bits per heavy atom. The van der Waals surface area contributed by atoms with E-state index in [0.29, 0.717) is 5.69 Å². The zero-order chi connectivity index (χ0) is 13.1. The summed E-state index contributed by atoms with van der Waals surface area (Å²) in [6.45, 7) is 2.83. The van der Waals surface area contributed by atoms with Crippen LogP contribution >= 0.6 is 0 Å². The molecule has 17 heavy (non-hydrogen) atoms. The number of nitrogens with one attached hydrogen (secondary N) is 1. The van der Waals surface area contributed by atoms with Crippen LogP contribution in [-0.2, 0) is 4.79 Å². The average Bonchev–Trinajstić information content (AvgIpc) is 2.19. The molecule has 0 aliphatic heterocycles. The number of carboxylic acids is 1. The van der Waals surface area contributed by atoms with Gasteiger partial charge in [-0.1, -0.05) is 12.1 Å². The molecule has 4 N–H and O–H groups in total. The van der Waals surface area contributed by atoms with Crippen molar-refractivity contribution in [2.75, 3.05) is 5.32 Å². The molecule has 1 aromatic carbocycles. The van der Waals surface area contributed by atoms with Crippen molar-refractivity contribution in [2.45, 2.75) is 19.4 Å². The maximum atomic E-state index is 10.9. The van der Waals surface area contributed by atoms with Gasteiger partial charge in [0.05, 0.1) is 5.69 Å². The molecule has 6 nitrogen and oxygen atoms in total. The van der Waals surface area contributed by atoms with E-state index in [-0.39, 0.29) is 5.75 Å². The van der Waals surface area contributed by atoms with Gasteiger partial charge >= 0.3 is 12.0 Å². The lowest BCUT2D eigenvalue weighted by atomic mass is 10.1. The fourth-order valence-electron chi connectivity index (χ4n) is 1.11. The number of nitrogens with two attached hydrogens (primary N) is 1. The highest BCUT2D eigenvalue weighted by atomic mass is 16.5. The second-order valence-electron chi connectivity index (χ2n) is 3.90. The highest BCUT2D eigenvalue weighted by Crippen LogP contribution is 2.27. The van der Waals surface area contributed by atoms with Crippen LogP contribution in [0.5, 0.6) is 5.75 Å².